The standard InChI is InChI=1S/C14H14O3.C11H10O2/c1-17-14(16)8-6-10-5-7-12-11(9-10)3-2-4-13(12)15;12-7-8-4-5-10-9(6-8)2-1-3-11(10)13/h5-9H,2-4H2,1H3;4-7H,1-3H2/b8-6+;. The monoisotopic (exact) mass is 404 g/mol. The van der Waals surface area contributed by atoms with Crippen molar-refractivity contribution < 1.29 is 23.9 Å². The summed E-state index contributed by atoms with van der Waals surface area (Å²) in [5.74, 6) is 0.0484. The lowest BCUT2D eigenvalue weighted by molar-refractivity contribution is -0.134. The first-order chi connectivity index (χ1) is 14.5. The highest BCUT2D eigenvalue weighted by molar-refractivity contribution is 5.99. The summed E-state index contributed by atoms with van der Waals surface area (Å²) in [5, 5.41) is 0. The molecule has 0 unspecified atom stereocenters. The molecule has 0 aliphatic heterocycles. The van der Waals surface area contributed by atoms with Gasteiger partial charge in [0.25, 0.3) is 0 Å². The Morgan fingerprint density at radius 1 is 0.833 bits per heavy atom. The van der Waals surface area contributed by atoms with E-state index in [2.05, 4.69) is 4.74 Å². The molecule has 0 aromatic heterocycles. The molecular formula is C25H24O5. The molecule has 0 radical (unpaired) electrons. The largest absolute Gasteiger partial charge is 0.466 e. The lowest BCUT2D eigenvalue weighted by Gasteiger charge is -2.14. The fourth-order valence-electron chi connectivity index (χ4n) is 3.74. The molecule has 0 atom stereocenters. The maximum absolute atomic E-state index is 11.6. The molecule has 5 nitrogen and oxygen atoms in total. The minimum Gasteiger partial charge on any atom is -0.466 e. The molecule has 0 amide bonds. The zero-order valence-electron chi connectivity index (χ0n) is 17.0. The molecule has 0 bridgehead atoms. The number of benzene rings is 2. The average molecular weight is 404 g/mol. The van der Waals surface area contributed by atoms with Crippen LogP contribution in [0.2, 0.25) is 0 Å². The number of fused-ring (bicyclic) bond motifs is 2. The highest BCUT2D eigenvalue weighted by Gasteiger charge is 2.17. The first-order valence-corrected chi connectivity index (χ1v) is 10.1. The van der Waals surface area contributed by atoms with Crippen molar-refractivity contribution in [2.45, 2.75) is 38.5 Å². The normalized spacial score (nSPS) is 15.0. The third-order valence-electron chi connectivity index (χ3n) is 5.31. The lowest BCUT2D eigenvalue weighted by Crippen LogP contribution is -2.10. The van der Waals surface area contributed by atoms with E-state index < -0.39 is 0 Å². The molecule has 0 fully saturated rings. The van der Waals surface area contributed by atoms with Gasteiger partial charge < -0.3 is 4.74 Å². The van der Waals surface area contributed by atoms with E-state index in [4.69, 9.17) is 0 Å². The van der Waals surface area contributed by atoms with Gasteiger partial charge in [0, 0.05) is 35.6 Å². The molecule has 0 heterocycles. The quantitative estimate of drug-likeness (QED) is 0.430. The fraction of sp³-hybridized carbons (Fsp3) is 0.280. The molecule has 2 aliphatic rings. The third kappa shape index (κ3) is 5.17. The fourth-order valence-corrected chi connectivity index (χ4v) is 3.74. The minimum atomic E-state index is -0.376. The molecular weight excluding hydrogens is 380 g/mol. The summed E-state index contributed by atoms with van der Waals surface area (Å²) in [6.45, 7) is 0. The second-order valence-corrected chi connectivity index (χ2v) is 7.36. The van der Waals surface area contributed by atoms with Crippen molar-refractivity contribution >= 4 is 29.9 Å². The van der Waals surface area contributed by atoms with E-state index in [0.717, 1.165) is 59.8 Å². The summed E-state index contributed by atoms with van der Waals surface area (Å²) in [5.41, 5.74) is 5.31. The Balaban J connectivity index is 0.000000177. The summed E-state index contributed by atoms with van der Waals surface area (Å²) < 4.78 is 4.52. The van der Waals surface area contributed by atoms with Gasteiger partial charge in [-0.25, -0.2) is 4.79 Å². The smallest absolute Gasteiger partial charge is 0.330 e. The van der Waals surface area contributed by atoms with Gasteiger partial charge in [-0.05, 0) is 54.5 Å². The molecule has 2 aromatic carbocycles. The predicted octanol–water partition coefficient (Wildman–Crippen LogP) is 4.41. The van der Waals surface area contributed by atoms with E-state index in [1.54, 1.807) is 18.2 Å². The van der Waals surface area contributed by atoms with Crippen LogP contribution in [0.15, 0.2) is 42.5 Å². The van der Waals surface area contributed by atoms with Crippen molar-refractivity contribution in [1.82, 2.24) is 0 Å². The Morgan fingerprint density at radius 2 is 1.37 bits per heavy atom. The number of aldehydes is 1. The number of aryl methyl sites for hydroxylation is 2. The van der Waals surface area contributed by atoms with Crippen molar-refractivity contribution in [3.05, 3.63) is 75.9 Å². The van der Waals surface area contributed by atoms with Crippen LogP contribution in [0.5, 0.6) is 0 Å². The van der Waals surface area contributed by atoms with Gasteiger partial charge in [0.05, 0.1) is 7.11 Å². The molecule has 2 aliphatic carbocycles. The minimum absolute atomic E-state index is 0.207. The molecule has 0 N–H and O–H groups in total. The van der Waals surface area contributed by atoms with E-state index >= 15 is 0 Å². The first-order valence-electron chi connectivity index (χ1n) is 10.1. The van der Waals surface area contributed by atoms with E-state index in [0.29, 0.717) is 18.4 Å². The topological polar surface area (TPSA) is 77.5 Å². The first kappa shape index (κ1) is 21.4. The van der Waals surface area contributed by atoms with Crippen LogP contribution in [0.1, 0.15) is 73.4 Å². The molecule has 4 rings (SSSR count). The third-order valence-corrected chi connectivity index (χ3v) is 5.31. The predicted molar refractivity (Wildman–Crippen MR) is 114 cm³/mol. The van der Waals surface area contributed by atoms with Gasteiger partial charge in [0.15, 0.2) is 11.6 Å². The van der Waals surface area contributed by atoms with Gasteiger partial charge in [-0.3, -0.25) is 14.4 Å². The molecule has 0 saturated carbocycles. The zero-order chi connectivity index (χ0) is 21.5. The second kappa shape index (κ2) is 9.92. The van der Waals surface area contributed by atoms with E-state index in [-0.39, 0.29) is 17.5 Å². The highest BCUT2D eigenvalue weighted by atomic mass is 16.5. The maximum Gasteiger partial charge on any atom is 0.330 e. The van der Waals surface area contributed by atoms with Gasteiger partial charge in [0.2, 0.25) is 0 Å². The Labute approximate surface area is 175 Å². The van der Waals surface area contributed by atoms with Gasteiger partial charge >= 0.3 is 5.97 Å². The van der Waals surface area contributed by atoms with Gasteiger partial charge in [0.1, 0.15) is 6.29 Å². The number of methoxy groups -OCH3 is 1. The molecule has 2 aromatic rings. The Morgan fingerprint density at radius 3 is 1.90 bits per heavy atom. The van der Waals surface area contributed by atoms with Gasteiger partial charge in [-0.2, -0.15) is 0 Å². The van der Waals surface area contributed by atoms with Crippen molar-refractivity contribution in [1.29, 1.82) is 0 Å². The summed E-state index contributed by atoms with van der Waals surface area (Å²) in [4.78, 5) is 44.5. The van der Waals surface area contributed by atoms with Crippen LogP contribution >= 0.6 is 0 Å². The lowest BCUT2D eigenvalue weighted by atomic mass is 9.89. The highest BCUT2D eigenvalue weighted by Crippen LogP contribution is 2.23. The Bertz CT molecular complexity index is 1020. The number of esters is 1. The number of Topliss-reactive ketones (excluding diaryl/α,β-unsaturated/α-hetero) is 2. The number of carbonyl (C=O) groups is 4. The van der Waals surface area contributed by atoms with Crippen LogP contribution in [0, 0.1) is 0 Å². The number of hydrogen-bond acceptors (Lipinski definition) is 5. The van der Waals surface area contributed by atoms with Crippen molar-refractivity contribution in [2.24, 2.45) is 0 Å². The zero-order valence-corrected chi connectivity index (χ0v) is 17.0. The Hall–Kier alpha value is -3.34. The number of rotatable bonds is 3. The van der Waals surface area contributed by atoms with Gasteiger partial charge in [-0.15, -0.1) is 0 Å². The molecule has 154 valence electrons. The van der Waals surface area contributed by atoms with Crippen LogP contribution in [0.25, 0.3) is 6.08 Å². The summed E-state index contributed by atoms with van der Waals surface area (Å²) in [6.07, 6.45) is 8.86. The number of carbonyl (C=O) groups excluding carboxylic acids is 4. The summed E-state index contributed by atoms with van der Waals surface area (Å²) in [6, 6.07) is 10.9. The van der Waals surface area contributed by atoms with Crippen LogP contribution in [0.3, 0.4) is 0 Å². The SMILES string of the molecule is COC(=O)/C=C/c1ccc2c(c1)CCCC2=O.O=Cc1ccc2c(c1)CCCC2=O. The van der Waals surface area contributed by atoms with Crippen molar-refractivity contribution in [2.75, 3.05) is 7.11 Å². The molecule has 0 saturated heterocycles. The van der Waals surface area contributed by atoms with Crippen molar-refractivity contribution in [3.8, 4) is 0 Å². The molecule has 30 heavy (non-hydrogen) atoms. The summed E-state index contributed by atoms with van der Waals surface area (Å²) >= 11 is 0. The van der Waals surface area contributed by atoms with Crippen LogP contribution in [0.4, 0.5) is 0 Å². The average Bonchev–Trinajstić information content (AvgIpc) is 2.78. The summed E-state index contributed by atoms with van der Waals surface area (Å²) in [7, 11) is 1.35. The molecule has 0 spiro atoms. The van der Waals surface area contributed by atoms with Gasteiger partial charge in [-0.1, -0.05) is 30.3 Å². The van der Waals surface area contributed by atoms with Crippen molar-refractivity contribution in [3.63, 3.8) is 0 Å². The van der Waals surface area contributed by atoms with Crippen LogP contribution in [-0.4, -0.2) is 30.9 Å². The number of hydrogen-bond donors (Lipinski definition) is 0. The van der Waals surface area contributed by atoms with E-state index in [1.165, 1.54) is 13.2 Å². The van der Waals surface area contributed by atoms with Crippen LogP contribution in [-0.2, 0) is 22.4 Å². The molecule has 5 heteroatoms. The maximum atomic E-state index is 11.6. The second-order valence-electron chi connectivity index (χ2n) is 7.36. The van der Waals surface area contributed by atoms with E-state index in [9.17, 15) is 19.2 Å². The number of ketones is 2. The Kier molecular flexibility index (Phi) is 7.07. The van der Waals surface area contributed by atoms with Crippen LogP contribution < -0.4 is 0 Å². The van der Waals surface area contributed by atoms with E-state index in [1.807, 2.05) is 24.3 Å². The number of ether oxygens (including phenoxy) is 1.